The molecule has 2 N–H and O–H groups in total. The van der Waals surface area contributed by atoms with Crippen LogP contribution >= 0.6 is 22.7 Å². The van der Waals surface area contributed by atoms with Crippen LogP contribution in [0.3, 0.4) is 0 Å². The zero-order valence-electron chi connectivity index (χ0n) is 15.6. The quantitative estimate of drug-likeness (QED) is 0.571. The van der Waals surface area contributed by atoms with Crippen LogP contribution in [0.4, 0.5) is 5.13 Å². The lowest BCUT2D eigenvalue weighted by atomic mass is 10.3. The maximum Gasteiger partial charge on any atom is 0.231 e. The lowest BCUT2D eigenvalue weighted by Crippen LogP contribution is -2.43. The Kier molecular flexibility index (Phi) is 7.72. The van der Waals surface area contributed by atoms with Crippen molar-refractivity contribution in [1.82, 2.24) is 14.6 Å². The van der Waals surface area contributed by atoms with Gasteiger partial charge in [-0.25, -0.2) is 13.4 Å². The van der Waals surface area contributed by atoms with Crippen molar-refractivity contribution in [3.8, 4) is 0 Å². The molecular weight excluding hydrogens is 436 g/mol. The summed E-state index contributed by atoms with van der Waals surface area (Å²) in [5.74, 6) is -0.630. The first-order chi connectivity index (χ1) is 13.9. The van der Waals surface area contributed by atoms with Crippen molar-refractivity contribution in [3.05, 3.63) is 33.5 Å². The molecule has 2 aromatic heterocycles. The molecule has 158 valence electrons. The average Bonchev–Trinajstić information content (AvgIpc) is 3.34. The van der Waals surface area contributed by atoms with Gasteiger partial charge in [0.25, 0.3) is 0 Å². The number of sulfonamides is 1. The molecule has 1 aliphatic rings. The number of amides is 2. The average molecular weight is 459 g/mol. The minimum absolute atomic E-state index is 0.0227. The Hall–Kier alpha value is -1.86. The monoisotopic (exact) mass is 458 g/mol. The van der Waals surface area contributed by atoms with E-state index < -0.39 is 10.0 Å². The second-order valence-corrected chi connectivity index (χ2v) is 10.3. The van der Waals surface area contributed by atoms with Crippen LogP contribution in [0.1, 0.15) is 10.6 Å². The highest BCUT2D eigenvalue weighted by atomic mass is 32.2. The Morgan fingerprint density at radius 3 is 2.69 bits per heavy atom. The van der Waals surface area contributed by atoms with E-state index in [1.165, 1.54) is 27.0 Å². The Morgan fingerprint density at radius 2 is 1.97 bits per heavy atom. The molecule has 3 heterocycles. The van der Waals surface area contributed by atoms with E-state index in [2.05, 4.69) is 15.6 Å². The SMILES string of the molecule is O=C(Cc1csc(NC(=O)Cc2cccs2)n1)NCCS(=O)(=O)N1CCOCC1. The zero-order valence-corrected chi connectivity index (χ0v) is 18.1. The molecule has 3 rings (SSSR count). The molecule has 0 spiro atoms. The number of hydrogen-bond acceptors (Lipinski definition) is 8. The molecule has 2 aromatic rings. The van der Waals surface area contributed by atoms with Crippen LogP contribution in [0.15, 0.2) is 22.9 Å². The zero-order chi connectivity index (χ0) is 20.7. The normalized spacial score (nSPS) is 15.2. The summed E-state index contributed by atoms with van der Waals surface area (Å²) >= 11 is 2.76. The Balaban J connectivity index is 1.40. The highest BCUT2D eigenvalue weighted by Crippen LogP contribution is 2.17. The number of rotatable bonds is 9. The Labute approximate surface area is 177 Å². The van der Waals surface area contributed by atoms with Gasteiger partial charge < -0.3 is 15.4 Å². The summed E-state index contributed by atoms with van der Waals surface area (Å²) in [4.78, 5) is 29.3. The van der Waals surface area contributed by atoms with Crippen molar-refractivity contribution < 1.29 is 22.7 Å². The summed E-state index contributed by atoms with van der Waals surface area (Å²) in [6, 6.07) is 3.78. The maximum atomic E-state index is 12.2. The fourth-order valence-electron chi connectivity index (χ4n) is 2.68. The first-order valence-corrected chi connectivity index (χ1v) is 12.4. The molecule has 1 saturated heterocycles. The standard InChI is InChI=1S/C17H22N4O5S3/c22-15(18-3-9-29(24,25)21-4-6-26-7-5-21)10-13-12-28-17(19-13)20-16(23)11-14-2-1-8-27-14/h1-2,8,12H,3-7,9-11H2,(H,18,22)(H,19,20,23). The Morgan fingerprint density at radius 1 is 1.17 bits per heavy atom. The molecule has 12 heteroatoms. The molecule has 0 atom stereocenters. The second-order valence-electron chi connectivity index (χ2n) is 6.30. The second kappa shape index (κ2) is 10.3. The predicted molar refractivity (Wildman–Crippen MR) is 112 cm³/mol. The number of thiophene rings is 1. The van der Waals surface area contributed by atoms with Gasteiger partial charge in [-0.05, 0) is 11.4 Å². The van der Waals surface area contributed by atoms with Crippen LogP contribution in [-0.4, -0.2) is 68.1 Å². The van der Waals surface area contributed by atoms with Crippen LogP contribution in [-0.2, 0) is 37.2 Å². The van der Waals surface area contributed by atoms with Crippen molar-refractivity contribution in [2.75, 3.05) is 43.9 Å². The summed E-state index contributed by atoms with van der Waals surface area (Å²) in [6.07, 6.45) is 0.305. The summed E-state index contributed by atoms with van der Waals surface area (Å²) in [7, 11) is -3.40. The van der Waals surface area contributed by atoms with Gasteiger partial charge in [-0.1, -0.05) is 6.07 Å². The van der Waals surface area contributed by atoms with Crippen LogP contribution in [0.2, 0.25) is 0 Å². The van der Waals surface area contributed by atoms with Gasteiger partial charge in [-0.15, -0.1) is 22.7 Å². The predicted octanol–water partition coefficient (Wildman–Crippen LogP) is 0.707. The first-order valence-electron chi connectivity index (χ1n) is 9.01. The molecule has 9 nitrogen and oxygen atoms in total. The molecule has 0 aromatic carbocycles. The third-order valence-electron chi connectivity index (χ3n) is 4.10. The fraction of sp³-hybridized carbons (Fsp3) is 0.471. The van der Waals surface area contributed by atoms with Gasteiger partial charge in [0.2, 0.25) is 21.8 Å². The van der Waals surface area contributed by atoms with E-state index >= 15 is 0 Å². The van der Waals surface area contributed by atoms with Gasteiger partial charge in [-0.2, -0.15) is 4.31 Å². The lowest BCUT2D eigenvalue weighted by molar-refractivity contribution is -0.120. The van der Waals surface area contributed by atoms with E-state index in [1.807, 2.05) is 17.5 Å². The molecule has 0 saturated carbocycles. The molecule has 2 amide bonds. The molecule has 29 heavy (non-hydrogen) atoms. The molecule has 1 fully saturated rings. The smallest absolute Gasteiger partial charge is 0.231 e. The molecular formula is C17H22N4O5S3. The highest BCUT2D eigenvalue weighted by Gasteiger charge is 2.24. The van der Waals surface area contributed by atoms with E-state index in [-0.39, 0.29) is 37.0 Å². The number of nitrogens with zero attached hydrogens (tertiary/aromatic N) is 2. The fourth-order valence-corrected chi connectivity index (χ4v) is 5.43. The van der Waals surface area contributed by atoms with Gasteiger partial charge in [-0.3, -0.25) is 9.59 Å². The number of hydrogen-bond donors (Lipinski definition) is 2. The van der Waals surface area contributed by atoms with Crippen molar-refractivity contribution in [1.29, 1.82) is 0 Å². The number of ether oxygens (including phenoxy) is 1. The van der Waals surface area contributed by atoms with E-state index in [4.69, 9.17) is 4.74 Å². The molecule has 0 unspecified atom stereocenters. The number of aromatic nitrogens is 1. The molecule has 1 aliphatic heterocycles. The van der Waals surface area contributed by atoms with Gasteiger partial charge in [0, 0.05) is 29.9 Å². The largest absolute Gasteiger partial charge is 0.379 e. The first kappa shape index (κ1) is 21.8. The van der Waals surface area contributed by atoms with Gasteiger partial charge in [0.05, 0.1) is 37.5 Å². The van der Waals surface area contributed by atoms with Crippen LogP contribution in [0.5, 0.6) is 0 Å². The van der Waals surface area contributed by atoms with E-state index in [9.17, 15) is 18.0 Å². The maximum absolute atomic E-state index is 12.2. The molecule has 0 aliphatic carbocycles. The van der Waals surface area contributed by atoms with Gasteiger partial charge >= 0.3 is 0 Å². The highest BCUT2D eigenvalue weighted by molar-refractivity contribution is 7.89. The summed E-state index contributed by atoms with van der Waals surface area (Å²) in [5, 5.41) is 9.38. The number of morpholine rings is 1. The van der Waals surface area contributed by atoms with Crippen LogP contribution in [0.25, 0.3) is 0 Å². The number of anilines is 1. The minimum atomic E-state index is -3.40. The van der Waals surface area contributed by atoms with Crippen LogP contribution in [0, 0.1) is 0 Å². The van der Waals surface area contributed by atoms with Crippen molar-refractivity contribution in [2.24, 2.45) is 0 Å². The van der Waals surface area contributed by atoms with E-state index in [0.717, 1.165) is 4.88 Å². The van der Waals surface area contributed by atoms with E-state index in [0.29, 0.717) is 37.1 Å². The third kappa shape index (κ3) is 6.85. The summed E-state index contributed by atoms with van der Waals surface area (Å²) in [5.41, 5.74) is 0.523. The van der Waals surface area contributed by atoms with E-state index in [1.54, 1.807) is 5.38 Å². The van der Waals surface area contributed by atoms with Crippen molar-refractivity contribution in [3.63, 3.8) is 0 Å². The number of thiazole rings is 1. The Bertz CT molecular complexity index is 921. The molecule has 0 bridgehead atoms. The minimum Gasteiger partial charge on any atom is -0.379 e. The summed E-state index contributed by atoms with van der Waals surface area (Å²) < 4.78 is 31.0. The number of carbonyl (C=O) groups excluding carboxylic acids is 2. The van der Waals surface area contributed by atoms with Crippen molar-refractivity contribution >= 4 is 49.6 Å². The topological polar surface area (TPSA) is 118 Å². The van der Waals surface area contributed by atoms with Gasteiger partial charge in [0.15, 0.2) is 5.13 Å². The lowest BCUT2D eigenvalue weighted by Gasteiger charge is -2.26. The third-order valence-corrected chi connectivity index (χ3v) is 7.66. The number of carbonyl (C=O) groups is 2. The van der Waals surface area contributed by atoms with Crippen LogP contribution < -0.4 is 10.6 Å². The summed E-state index contributed by atoms with van der Waals surface area (Å²) in [6.45, 7) is 1.50. The number of nitrogens with one attached hydrogen (secondary N) is 2. The van der Waals surface area contributed by atoms with Crippen molar-refractivity contribution in [2.45, 2.75) is 12.8 Å². The molecule has 0 radical (unpaired) electrons. The van der Waals surface area contributed by atoms with Gasteiger partial charge in [0.1, 0.15) is 0 Å².